The third-order valence-corrected chi connectivity index (χ3v) is 4.64. The average Bonchev–Trinajstić information content (AvgIpc) is 2.62. The van der Waals surface area contributed by atoms with Crippen LogP contribution in [0.3, 0.4) is 0 Å². The van der Waals surface area contributed by atoms with Gasteiger partial charge in [0.25, 0.3) is 11.5 Å². The summed E-state index contributed by atoms with van der Waals surface area (Å²) < 4.78 is 41.8. The van der Waals surface area contributed by atoms with Crippen molar-refractivity contribution in [2.45, 2.75) is 43.8 Å². The normalized spacial score (nSPS) is 16.9. The molecule has 0 bridgehead atoms. The smallest absolute Gasteiger partial charge is 0.336 e. The lowest BCUT2D eigenvalue weighted by Crippen LogP contribution is -2.59. The van der Waals surface area contributed by atoms with Crippen molar-refractivity contribution in [3.8, 4) is 5.69 Å². The number of nitrogens with one attached hydrogen (secondary N) is 1. The zero-order chi connectivity index (χ0) is 18.8. The molecule has 0 radical (unpaired) electrons. The fraction of sp³-hybridized carbons (Fsp3) is 0.389. The number of halogens is 3. The lowest BCUT2D eigenvalue weighted by atomic mass is 9.81. The molecule has 3 rings (SSSR count). The largest absolute Gasteiger partial charge is 0.411 e. The topological polar surface area (TPSA) is 64.0 Å². The molecule has 8 heteroatoms. The summed E-state index contributed by atoms with van der Waals surface area (Å²) in [5, 5.41) is 6.09. The Balaban J connectivity index is 1.92. The monoisotopic (exact) mass is 365 g/mol. The molecule has 0 spiro atoms. The van der Waals surface area contributed by atoms with Gasteiger partial charge in [0, 0.05) is 6.07 Å². The van der Waals surface area contributed by atoms with Crippen LogP contribution in [0.25, 0.3) is 5.69 Å². The third-order valence-electron chi connectivity index (χ3n) is 4.64. The lowest BCUT2D eigenvalue weighted by molar-refractivity contribution is -0.201. The Morgan fingerprint density at radius 1 is 1.04 bits per heavy atom. The predicted octanol–water partition coefficient (Wildman–Crippen LogP) is 3.23. The Labute approximate surface area is 147 Å². The van der Waals surface area contributed by atoms with E-state index < -0.39 is 23.2 Å². The van der Waals surface area contributed by atoms with Crippen LogP contribution in [0.1, 0.15) is 42.6 Å². The third kappa shape index (κ3) is 3.49. The van der Waals surface area contributed by atoms with Crippen LogP contribution in [0.15, 0.2) is 47.3 Å². The molecule has 138 valence electrons. The van der Waals surface area contributed by atoms with Crippen molar-refractivity contribution in [1.82, 2.24) is 15.1 Å². The molecule has 1 aliphatic carbocycles. The standard InChI is InChI=1S/C18H18F3N3O2/c19-18(20,21)17(11-5-2-6-12-17)22-16(26)14-9-10-15(25)24(23-14)13-7-3-1-4-8-13/h1,3-4,7-10H,2,5-6,11-12H2,(H,22,26). The van der Waals surface area contributed by atoms with Crippen LogP contribution in [0, 0.1) is 0 Å². The maximum absolute atomic E-state index is 13.6. The van der Waals surface area contributed by atoms with Crippen molar-refractivity contribution in [1.29, 1.82) is 0 Å². The molecule has 1 saturated carbocycles. The second-order valence-electron chi connectivity index (χ2n) is 6.40. The van der Waals surface area contributed by atoms with E-state index in [4.69, 9.17) is 0 Å². The molecule has 1 fully saturated rings. The molecule has 1 amide bonds. The molecule has 0 saturated heterocycles. The van der Waals surface area contributed by atoms with Crippen molar-refractivity contribution >= 4 is 5.91 Å². The van der Waals surface area contributed by atoms with Crippen LogP contribution in [0.2, 0.25) is 0 Å². The highest BCUT2D eigenvalue weighted by molar-refractivity contribution is 5.92. The Morgan fingerprint density at radius 3 is 2.31 bits per heavy atom. The lowest BCUT2D eigenvalue weighted by Gasteiger charge is -2.39. The number of carbonyl (C=O) groups excluding carboxylic acids is 1. The SMILES string of the molecule is O=C(NC1(C(F)(F)F)CCCCC1)c1ccc(=O)n(-c2ccccc2)n1. The van der Waals surface area contributed by atoms with Crippen molar-refractivity contribution in [2.24, 2.45) is 0 Å². The molecule has 1 aromatic carbocycles. The molecule has 1 aromatic heterocycles. The van der Waals surface area contributed by atoms with E-state index >= 15 is 0 Å². The number of aromatic nitrogens is 2. The molecule has 0 aliphatic heterocycles. The molecular formula is C18H18F3N3O2. The van der Waals surface area contributed by atoms with Gasteiger partial charge in [-0.25, -0.2) is 0 Å². The number of benzene rings is 1. The molecule has 26 heavy (non-hydrogen) atoms. The van der Waals surface area contributed by atoms with Crippen molar-refractivity contribution in [2.75, 3.05) is 0 Å². The molecule has 0 unspecified atom stereocenters. The Kier molecular flexibility index (Phi) is 4.84. The van der Waals surface area contributed by atoms with Crippen molar-refractivity contribution in [3.63, 3.8) is 0 Å². The van der Waals surface area contributed by atoms with Crippen molar-refractivity contribution < 1.29 is 18.0 Å². The Morgan fingerprint density at radius 2 is 1.69 bits per heavy atom. The van der Waals surface area contributed by atoms with Crippen LogP contribution in [-0.2, 0) is 0 Å². The van der Waals surface area contributed by atoms with E-state index in [-0.39, 0.29) is 18.5 Å². The van der Waals surface area contributed by atoms with Gasteiger partial charge < -0.3 is 5.32 Å². The predicted molar refractivity (Wildman–Crippen MR) is 89.2 cm³/mol. The minimum Gasteiger partial charge on any atom is -0.336 e. The van der Waals surface area contributed by atoms with Crippen LogP contribution in [-0.4, -0.2) is 27.4 Å². The van der Waals surface area contributed by atoms with E-state index in [9.17, 15) is 22.8 Å². The molecule has 5 nitrogen and oxygen atoms in total. The van der Waals surface area contributed by atoms with Crippen LogP contribution in [0.4, 0.5) is 13.2 Å². The number of alkyl halides is 3. The number of hydrogen-bond acceptors (Lipinski definition) is 3. The number of hydrogen-bond donors (Lipinski definition) is 1. The zero-order valence-electron chi connectivity index (χ0n) is 13.9. The van der Waals surface area contributed by atoms with Gasteiger partial charge in [-0.1, -0.05) is 37.5 Å². The Bertz CT molecular complexity index is 841. The minimum atomic E-state index is -4.54. The first-order valence-electron chi connectivity index (χ1n) is 8.37. The van der Waals surface area contributed by atoms with Gasteiger partial charge in [-0.15, -0.1) is 0 Å². The van der Waals surface area contributed by atoms with Gasteiger partial charge in [0.15, 0.2) is 0 Å². The van der Waals surface area contributed by atoms with E-state index in [0.717, 1.165) is 16.8 Å². The van der Waals surface area contributed by atoms with E-state index in [0.29, 0.717) is 24.9 Å². The summed E-state index contributed by atoms with van der Waals surface area (Å²) in [4.78, 5) is 24.5. The Hall–Kier alpha value is -2.64. The quantitative estimate of drug-likeness (QED) is 0.908. The van der Waals surface area contributed by atoms with Gasteiger partial charge in [-0.05, 0) is 31.0 Å². The van der Waals surface area contributed by atoms with Gasteiger partial charge >= 0.3 is 6.18 Å². The molecule has 0 atom stereocenters. The van der Waals surface area contributed by atoms with Crippen LogP contribution in [0.5, 0.6) is 0 Å². The van der Waals surface area contributed by atoms with Gasteiger partial charge in [0.2, 0.25) is 0 Å². The van der Waals surface area contributed by atoms with Gasteiger partial charge in [0.1, 0.15) is 11.2 Å². The molecule has 1 N–H and O–H groups in total. The molecule has 2 aromatic rings. The second-order valence-corrected chi connectivity index (χ2v) is 6.40. The fourth-order valence-corrected chi connectivity index (χ4v) is 3.20. The highest BCUT2D eigenvalue weighted by atomic mass is 19.4. The average molecular weight is 365 g/mol. The van der Waals surface area contributed by atoms with E-state index in [1.54, 1.807) is 30.3 Å². The molecule has 1 aliphatic rings. The van der Waals surface area contributed by atoms with E-state index in [1.807, 2.05) is 0 Å². The van der Waals surface area contributed by atoms with E-state index in [1.165, 1.54) is 0 Å². The van der Waals surface area contributed by atoms with Crippen LogP contribution < -0.4 is 10.9 Å². The summed E-state index contributed by atoms with van der Waals surface area (Å²) in [7, 11) is 0. The summed E-state index contributed by atoms with van der Waals surface area (Å²) >= 11 is 0. The van der Waals surface area contributed by atoms with Gasteiger partial charge in [0.05, 0.1) is 5.69 Å². The van der Waals surface area contributed by atoms with Crippen molar-refractivity contribution in [3.05, 3.63) is 58.5 Å². The highest BCUT2D eigenvalue weighted by Crippen LogP contribution is 2.41. The molecular weight excluding hydrogens is 347 g/mol. The summed E-state index contributed by atoms with van der Waals surface area (Å²) in [6, 6.07) is 10.6. The summed E-state index contributed by atoms with van der Waals surface area (Å²) in [6.07, 6.45) is -3.34. The second kappa shape index (κ2) is 6.93. The first-order valence-corrected chi connectivity index (χ1v) is 8.37. The summed E-state index contributed by atoms with van der Waals surface area (Å²) in [6.45, 7) is 0. The minimum absolute atomic E-state index is 0.152. The maximum atomic E-state index is 13.6. The first-order chi connectivity index (χ1) is 12.3. The molecule has 1 heterocycles. The van der Waals surface area contributed by atoms with Crippen LogP contribution >= 0.6 is 0 Å². The van der Waals surface area contributed by atoms with Gasteiger partial charge in [-0.2, -0.15) is 23.0 Å². The number of amides is 1. The first kappa shape index (κ1) is 18.2. The summed E-state index contributed by atoms with van der Waals surface area (Å²) in [5.74, 6) is -0.936. The zero-order valence-corrected chi connectivity index (χ0v) is 13.9. The maximum Gasteiger partial charge on any atom is 0.411 e. The number of para-hydroxylation sites is 1. The van der Waals surface area contributed by atoms with Gasteiger partial charge in [-0.3, -0.25) is 9.59 Å². The number of nitrogens with zero attached hydrogens (tertiary/aromatic N) is 2. The highest BCUT2D eigenvalue weighted by Gasteiger charge is 2.55. The fourth-order valence-electron chi connectivity index (χ4n) is 3.20. The van der Waals surface area contributed by atoms with E-state index in [2.05, 4.69) is 10.4 Å². The summed E-state index contributed by atoms with van der Waals surface area (Å²) in [5.41, 5.74) is -2.52. The number of carbonyl (C=O) groups is 1. The number of rotatable bonds is 3.